The number of nitrogens with one attached hydrogen (secondary N) is 1. The summed E-state index contributed by atoms with van der Waals surface area (Å²) in [4.78, 5) is 12.9. The molecule has 0 amide bonds. The number of pyridine rings is 1. The van der Waals surface area contributed by atoms with E-state index in [0.29, 0.717) is 11.3 Å². The lowest BCUT2D eigenvalue weighted by molar-refractivity contribution is 0.0490. The molecule has 2 saturated heterocycles. The largest absolute Gasteiger partial charge is 0.489 e. The van der Waals surface area contributed by atoms with Gasteiger partial charge in [0.05, 0.1) is 18.8 Å². The molecule has 0 radical (unpaired) electrons. The molecular formula is C34H37N5O2. The maximum atomic E-state index is 10.0. The number of rotatable bonds is 5. The Morgan fingerprint density at radius 3 is 2.61 bits per heavy atom. The molecule has 0 atom stereocenters. The molecule has 3 aromatic rings. The Morgan fingerprint density at radius 1 is 1.05 bits per heavy atom. The van der Waals surface area contributed by atoms with Crippen molar-refractivity contribution in [2.24, 2.45) is 0 Å². The molecule has 2 aliphatic heterocycles. The number of aromatic amines is 1. The summed E-state index contributed by atoms with van der Waals surface area (Å²) < 4.78 is 11.9. The van der Waals surface area contributed by atoms with Crippen molar-refractivity contribution in [3.05, 3.63) is 83.5 Å². The molecular weight excluding hydrogens is 510 g/mol. The topological polar surface area (TPSA) is 77.4 Å². The van der Waals surface area contributed by atoms with E-state index in [1.54, 1.807) is 0 Å². The molecule has 1 aliphatic carbocycles. The van der Waals surface area contributed by atoms with Gasteiger partial charge in [0, 0.05) is 66.3 Å². The number of morpholine rings is 1. The zero-order valence-electron chi connectivity index (χ0n) is 24.1. The average molecular weight is 548 g/mol. The fourth-order valence-electron chi connectivity index (χ4n) is 5.82. The minimum Gasteiger partial charge on any atom is -0.489 e. The zero-order chi connectivity index (χ0) is 28.4. The molecule has 7 heteroatoms. The Labute approximate surface area is 242 Å². The molecule has 0 unspecified atom stereocenters. The van der Waals surface area contributed by atoms with Crippen LogP contribution in [0.15, 0.2) is 72.3 Å². The summed E-state index contributed by atoms with van der Waals surface area (Å²) >= 11 is 0. The number of ether oxygens (including phenoxy) is 2. The second-order valence-electron chi connectivity index (χ2n) is 11.9. The van der Waals surface area contributed by atoms with Gasteiger partial charge in [-0.05, 0) is 81.2 Å². The van der Waals surface area contributed by atoms with Crippen molar-refractivity contribution in [1.29, 1.82) is 5.26 Å². The molecule has 7 nitrogen and oxygen atoms in total. The van der Waals surface area contributed by atoms with Crippen molar-refractivity contribution in [3.63, 3.8) is 0 Å². The molecule has 0 bridgehead atoms. The summed E-state index contributed by atoms with van der Waals surface area (Å²) in [6.07, 6.45) is 12.2. The highest BCUT2D eigenvalue weighted by atomic mass is 16.5. The van der Waals surface area contributed by atoms with Crippen LogP contribution in [0.3, 0.4) is 0 Å². The van der Waals surface area contributed by atoms with Crippen LogP contribution in [0.2, 0.25) is 0 Å². The number of likely N-dealkylation sites (tertiary alicyclic amines) is 1. The van der Waals surface area contributed by atoms with Gasteiger partial charge in [-0.3, -0.25) is 4.90 Å². The van der Waals surface area contributed by atoms with E-state index in [1.807, 2.05) is 42.6 Å². The van der Waals surface area contributed by atoms with Gasteiger partial charge in [0.25, 0.3) is 0 Å². The minimum absolute atomic E-state index is 0.124. The minimum atomic E-state index is 0.124. The molecule has 41 heavy (non-hydrogen) atoms. The van der Waals surface area contributed by atoms with Crippen LogP contribution in [0.25, 0.3) is 27.7 Å². The molecule has 4 heterocycles. The summed E-state index contributed by atoms with van der Waals surface area (Å²) in [5.41, 5.74) is 10.0. The van der Waals surface area contributed by atoms with Crippen molar-refractivity contribution in [3.8, 4) is 22.9 Å². The van der Waals surface area contributed by atoms with Crippen molar-refractivity contribution in [2.75, 3.05) is 39.4 Å². The highest BCUT2D eigenvalue weighted by molar-refractivity contribution is 5.96. The van der Waals surface area contributed by atoms with E-state index >= 15 is 0 Å². The van der Waals surface area contributed by atoms with Crippen LogP contribution >= 0.6 is 0 Å². The normalized spacial score (nSPS) is 18.6. The Balaban J connectivity index is 1.24. The van der Waals surface area contributed by atoms with Crippen molar-refractivity contribution >= 4 is 16.6 Å². The van der Waals surface area contributed by atoms with Crippen LogP contribution in [-0.2, 0) is 4.74 Å². The van der Waals surface area contributed by atoms with Crippen molar-refractivity contribution in [1.82, 2.24) is 19.8 Å². The van der Waals surface area contributed by atoms with Gasteiger partial charge < -0.3 is 19.4 Å². The first-order valence-corrected chi connectivity index (χ1v) is 14.5. The van der Waals surface area contributed by atoms with Crippen molar-refractivity contribution < 1.29 is 9.47 Å². The number of allylic oxidation sites excluding steroid dienone is 4. The molecule has 0 saturated carbocycles. The number of H-pyrrole nitrogens is 1. The third-order valence-corrected chi connectivity index (χ3v) is 8.22. The lowest BCUT2D eigenvalue weighted by Crippen LogP contribution is -2.48. The first-order valence-electron chi connectivity index (χ1n) is 14.5. The molecule has 1 aromatic carbocycles. The highest BCUT2D eigenvalue weighted by Gasteiger charge is 2.28. The van der Waals surface area contributed by atoms with E-state index in [9.17, 15) is 5.26 Å². The van der Waals surface area contributed by atoms with E-state index in [2.05, 4.69) is 70.6 Å². The SMILES string of the molecule is CC(C)(C)N1CCC(Oc2ccc(-c3ccnc4[nH]c(C5=CC=C(N6CCOCC6)C=C=C5)cc34)cc2C#N)CC1. The van der Waals surface area contributed by atoms with Gasteiger partial charge in [-0.15, -0.1) is 5.73 Å². The summed E-state index contributed by atoms with van der Waals surface area (Å²) in [6.45, 7) is 12.0. The highest BCUT2D eigenvalue weighted by Crippen LogP contribution is 2.34. The van der Waals surface area contributed by atoms with Crippen LogP contribution < -0.4 is 4.74 Å². The average Bonchev–Trinajstić information content (AvgIpc) is 3.27. The van der Waals surface area contributed by atoms with Crippen LogP contribution in [0.5, 0.6) is 5.75 Å². The van der Waals surface area contributed by atoms with E-state index in [4.69, 9.17) is 9.47 Å². The summed E-state index contributed by atoms with van der Waals surface area (Å²) in [7, 11) is 0. The number of aromatic nitrogens is 2. The predicted octanol–water partition coefficient (Wildman–Crippen LogP) is 6.07. The summed E-state index contributed by atoms with van der Waals surface area (Å²) in [5.74, 6) is 0.661. The van der Waals surface area contributed by atoms with Gasteiger partial charge in [0.15, 0.2) is 0 Å². The Bertz CT molecular complexity index is 1600. The smallest absolute Gasteiger partial charge is 0.138 e. The first kappa shape index (κ1) is 27.1. The number of piperidine rings is 1. The van der Waals surface area contributed by atoms with E-state index in [0.717, 1.165) is 91.4 Å². The Kier molecular flexibility index (Phi) is 7.55. The molecule has 1 N–H and O–H groups in total. The third-order valence-electron chi connectivity index (χ3n) is 8.22. The number of fused-ring (bicyclic) bond motifs is 1. The number of nitrogens with zero attached hydrogens (tertiary/aromatic N) is 4. The maximum absolute atomic E-state index is 10.0. The molecule has 210 valence electrons. The number of hydrogen-bond acceptors (Lipinski definition) is 6. The van der Waals surface area contributed by atoms with E-state index < -0.39 is 0 Å². The molecule has 6 rings (SSSR count). The fraction of sp³-hybridized carbons (Fsp3) is 0.382. The summed E-state index contributed by atoms with van der Waals surface area (Å²) in [5, 5.41) is 11.0. The van der Waals surface area contributed by atoms with Crippen LogP contribution in [-0.4, -0.2) is 70.8 Å². The molecule has 0 spiro atoms. The summed E-state index contributed by atoms with van der Waals surface area (Å²) in [6, 6.07) is 12.4. The quantitative estimate of drug-likeness (QED) is 0.391. The second kappa shape index (κ2) is 11.4. The van der Waals surface area contributed by atoms with Crippen LogP contribution in [0, 0.1) is 11.3 Å². The predicted molar refractivity (Wildman–Crippen MR) is 162 cm³/mol. The fourth-order valence-corrected chi connectivity index (χ4v) is 5.82. The number of hydrogen-bond donors (Lipinski definition) is 1. The van der Waals surface area contributed by atoms with Gasteiger partial charge in [-0.1, -0.05) is 12.1 Å². The standard InChI is InChI=1S/C34H37N5O2/c1-34(2,3)39-15-12-28(13-16-39)41-32-10-8-25(21-26(32)23-35)29-11-14-36-33-30(29)22-31(37-33)24-5-4-6-27(9-7-24)38-17-19-40-20-18-38/h5-11,14,21-22,28H,12-13,15-20H2,1-3H3,(H,36,37). The Morgan fingerprint density at radius 2 is 1.85 bits per heavy atom. The monoisotopic (exact) mass is 547 g/mol. The van der Waals surface area contributed by atoms with Gasteiger partial charge in [0.1, 0.15) is 23.6 Å². The molecule has 2 aromatic heterocycles. The third kappa shape index (κ3) is 5.87. The lowest BCUT2D eigenvalue weighted by atomic mass is 9.99. The van der Waals surface area contributed by atoms with Crippen LogP contribution in [0.1, 0.15) is 44.9 Å². The molecule has 3 aliphatic rings. The number of benzene rings is 1. The first-order chi connectivity index (χ1) is 19.9. The van der Waals surface area contributed by atoms with Gasteiger partial charge in [-0.25, -0.2) is 4.98 Å². The lowest BCUT2D eigenvalue weighted by Gasteiger charge is -2.40. The Hall–Kier alpha value is -4.08. The van der Waals surface area contributed by atoms with Gasteiger partial charge in [0.2, 0.25) is 0 Å². The second-order valence-corrected chi connectivity index (χ2v) is 11.9. The van der Waals surface area contributed by atoms with Crippen LogP contribution in [0.4, 0.5) is 0 Å². The van der Waals surface area contributed by atoms with E-state index in [-0.39, 0.29) is 11.6 Å². The number of nitriles is 1. The zero-order valence-corrected chi connectivity index (χ0v) is 24.1. The molecule has 2 fully saturated rings. The van der Waals surface area contributed by atoms with Gasteiger partial charge in [-0.2, -0.15) is 5.26 Å². The van der Waals surface area contributed by atoms with Crippen molar-refractivity contribution in [2.45, 2.75) is 45.3 Å². The maximum Gasteiger partial charge on any atom is 0.138 e. The van der Waals surface area contributed by atoms with E-state index in [1.165, 1.54) is 0 Å². The van der Waals surface area contributed by atoms with Gasteiger partial charge >= 0.3 is 0 Å².